The molecule has 2 aromatic carbocycles. The van der Waals surface area contributed by atoms with Gasteiger partial charge in [0.05, 0.1) is 26.2 Å². The molecule has 0 amide bonds. The fourth-order valence-corrected chi connectivity index (χ4v) is 1.85. The Kier molecular flexibility index (Phi) is 5.08. The van der Waals surface area contributed by atoms with Crippen LogP contribution < -0.4 is 10.1 Å². The molecule has 0 fully saturated rings. The highest BCUT2D eigenvalue weighted by molar-refractivity contribution is 6.42. The maximum atomic E-state index is 12.9. The summed E-state index contributed by atoms with van der Waals surface area (Å²) in [5, 5.41) is 21.9. The zero-order chi connectivity index (χ0) is 18.8. The van der Waals surface area contributed by atoms with Crippen molar-refractivity contribution in [2.75, 3.05) is 5.32 Å². The van der Waals surface area contributed by atoms with E-state index in [9.17, 15) is 19.6 Å². The summed E-state index contributed by atoms with van der Waals surface area (Å²) in [4.78, 5) is 10.6. The quantitative estimate of drug-likeness (QED) is 0.480. The van der Waals surface area contributed by atoms with Crippen LogP contribution in [-0.2, 0) is 0 Å². The molecule has 2 rings (SSSR count). The Bertz CT molecular complexity index is 777. The van der Waals surface area contributed by atoms with Crippen LogP contribution in [-0.4, -0.2) is 36.7 Å². The number of nitrogens with one attached hydrogen (secondary N) is 1. The molecule has 0 unspecified atom stereocenters. The zero-order valence-electron chi connectivity index (χ0n) is 13.7. The third kappa shape index (κ3) is 4.51. The number of ether oxygens (including phenoxy) is 1. The number of anilines is 1. The first kappa shape index (κ1) is 18.8. The van der Waals surface area contributed by atoms with Gasteiger partial charge in [-0.25, -0.2) is 4.39 Å². The summed E-state index contributed by atoms with van der Waals surface area (Å²) in [7, 11) is 11.7. The molecule has 9 heteroatoms. The van der Waals surface area contributed by atoms with Crippen LogP contribution in [0.3, 0.4) is 0 Å². The largest absolute Gasteiger partial charge is 0.457 e. The molecule has 2 aromatic rings. The van der Waals surface area contributed by atoms with Crippen molar-refractivity contribution < 1.29 is 19.2 Å². The summed E-state index contributed by atoms with van der Waals surface area (Å²) < 4.78 is 18.5. The topological polar surface area (TPSA) is 84.6 Å². The maximum Gasteiger partial charge on any atom is 0.292 e. The van der Waals surface area contributed by atoms with Gasteiger partial charge < -0.3 is 15.2 Å². The zero-order valence-corrected chi connectivity index (χ0v) is 13.7. The SMILES string of the molecule is [B]C([B])(Nc1cc(Oc2ccc(F)cc2)ccc1[N+](=O)[O-])C(C)(C)O. The first-order valence-corrected chi connectivity index (χ1v) is 7.30. The smallest absolute Gasteiger partial charge is 0.292 e. The van der Waals surface area contributed by atoms with Gasteiger partial charge in [-0.15, -0.1) is 0 Å². The van der Waals surface area contributed by atoms with Crippen LogP contribution in [0.25, 0.3) is 0 Å². The molecule has 4 radical (unpaired) electrons. The van der Waals surface area contributed by atoms with E-state index in [1.54, 1.807) is 0 Å². The van der Waals surface area contributed by atoms with Crippen molar-refractivity contribution in [1.29, 1.82) is 0 Å². The second kappa shape index (κ2) is 6.76. The number of rotatable bonds is 6. The fraction of sp³-hybridized carbons (Fsp3) is 0.250. The Balaban J connectivity index is 2.36. The van der Waals surface area contributed by atoms with E-state index >= 15 is 0 Å². The molecule has 0 aliphatic rings. The molecule has 6 nitrogen and oxygen atoms in total. The van der Waals surface area contributed by atoms with E-state index < -0.39 is 21.7 Å². The molecule has 0 heterocycles. The first-order chi connectivity index (χ1) is 11.5. The van der Waals surface area contributed by atoms with Crippen LogP contribution in [0.15, 0.2) is 42.5 Å². The van der Waals surface area contributed by atoms with Crippen LogP contribution in [0, 0.1) is 15.9 Å². The van der Waals surface area contributed by atoms with Crippen LogP contribution in [0.5, 0.6) is 11.5 Å². The summed E-state index contributed by atoms with van der Waals surface area (Å²) in [6.07, 6.45) is 0. The molecule has 0 atom stereocenters. The number of hydrogen-bond donors (Lipinski definition) is 2. The molecule has 0 aromatic heterocycles. The van der Waals surface area contributed by atoms with Crippen molar-refractivity contribution in [3.8, 4) is 11.5 Å². The number of hydrogen-bond acceptors (Lipinski definition) is 5. The van der Waals surface area contributed by atoms with Gasteiger partial charge in [0, 0.05) is 12.1 Å². The lowest BCUT2D eigenvalue weighted by Gasteiger charge is -2.40. The van der Waals surface area contributed by atoms with E-state index in [-0.39, 0.29) is 17.1 Å². The average Bonchev–Trinajstić information content (AvgIpc) is 2.48. The minimum Gasteiger partial charge on any atom is -0.457 e. The van der Waals surface area contributed by atoms with Crippen molar-refractivity contribution in [1.82, 2.24) is 0 Å². The van der Waals surface area contributed by atoms with E-state index in [2.05, 4.69) is 5.32 Å². The Labute approximate surface area is 147 Å². The van der Waals surface area contributed by atoms with Gasteiger partial charge in [-0.3, -0.25) is 10.1 Å². The Morgan fingerprint density at radius 1 is 1.16 bits per heavy atom. The van der Waals surface area contributed by atoms with Gasteiger partial charge >= 0.3 is 0 Å². The van der Waals surface area contributed by atoms with Crippen molar-refractivity contribution in [3.05, 3.63) is 58.4 Å². The standard InChI is InChI=1S/C16H15B2FN2O4/c1-15(2,22)16(17,18)20-13-9-12(7-8-14(13)21(23)24)25-11-5-3-10(19)4-6-11/h3-9,20,22H,1-2H3. The highest BCUT2D eigenvalue weighted by Gasteiger charge is 2.35. The summed E-state index contributed by atoms with van der Waals surface area (Å²) in [6, 6.07) is 9.18. The molecule has 0 aliphatic heterocycles. The molecular formula is C16H15B2FN2O4. The van der Waals surface area contributed by atoms with Crippen LogP contribution in [0.2, 0.25) is 0 Å². The lowest BCUT2D eigenvalue weighted by Crippen LogP contribution is -2.57. The fourth-order valence-electron chi connectivity index (χ4n) is 1.85. The van der Waals surface area contributed by atoms with E-state index in [4.69, 9.17) is 20.4 Å². The van der Waals surface area contributed by atoms with Crippen molar-refractivity contribution in [2.45, 2.75) is 24.8 Å². The lowest BCUT2D eigenvalue weighted by molar-refractivity contribution is -0.384. The minimum absolute atomic E-state index is 0.0308. The number of nitro groups is 1. The number of nitrogens with zero attached hydrogens (tertiary/aromatic N) is 1. The summed E-state index contributed by atoms with van der Waals surface area (Å²) >= 11 is 0. The Morgan fingerprint density at radius 2 is 1.72 bits per heavy atom. The average molecular weight is 340 g/mol. The van der Waals surface area contributed by atoms with Gasteiger partial charge in [0.2, 0.25) is 0 Å². The number of aliphatic hydroxyl groups is 1. The third-order valence-corrected chi connectivity index (χ3v) is 3.57. The molecular weight excluding hydrogens is 325 g/mol. The normalized spacial score (nSPS) is 11.8. The predicted molar refractivity (Wildman–Crippen MR) is 93.7 cm³/mol. The van der Waals surface area contributed by atoms with Gasteiger partial charge in [0.15, 0.2) is 0 Å². The number of halogens is 1. The minimum atomic E-state index is -1.84. The number of benzene rings is 2. The van der Waals surface area contributed by atoms with Crippen LogP contribution >= 0.6 is 0 Å². The molecule has 0 saturated heterocycles. The van der Waals surface area contributed by atoms with Crippen LogP contribution in [0.1, 0.15) is 13.8 Å². The predicted octanol–water partition coefficient (Wildman–Crippen LogP) is 2.70. The first-order valence-electron chi connectivity index (χ1n) is 7.30. The third-order valence-electron chi connectivity index (χ3n) is 3.57. The summed E-state index contributed by atoms with van der Waals surface area (Å²) in [5.74, 6) is 0.168. The highest BCUT2D eigenvalue weighted by atomic mass is 19.1. The molecule has 0 bridgehead atoms. The van der Waals surface area contributed by atoms with Gasteiger partial charge in [0.1, 0.15) is 23.0 Å². The summed E-state index contributed by atoms with van der Waals surface area (Å²) in [5.41, 5.74) is -1.90. The maximum absolute atomic E-state index is 12.9. The molecule has 0 spiro atoms. The Hall–Kier alpha value is -2.54. The second-order valence-corrected chi connectivity index (χ2v) is 6.05. The van der Waals surface area contributed by atoms with Gasteiger partial charge in [0.25, 0.3) is 5.69 Å². The van der Waals surface area contributed by atoms with Gasteiger partial charge in [-0.2, -0.15) is 0 Å². The lowest BCUT2D eigenvalue weighted by atomic mass is 9.53. The summed E-state index contributed by atoms with van der Waals surface area (Å²) in [6.45, 7) is 2.73. The highest BCUT2D eigenvalue weighted by Crippen LogP contribution is 2.34. The molecule has 25 heavy (non-hydrogen) atoms. The molecule has 0 aliphatic carbocycles. The monoisotopic (exact) mass is 340 g/mol. The van der Waals surface area contributed by atoms with E-state index in [0.29, 0.717) is 5.75 Å². The molecule has 2 N–H and O–H groups in total. The second-order valence-electron chi connectivity index (χ2n) is 6.05. The molecule has 126 valence electrons. The van der Waals surface area contributed by atoms with E-state index in [1.165, 1.54) is 56.3 Å². The van der Waals surface area contributed by atoms with Gasteiger partial charge in [-0.1, -0.05) is 0 Å². The van der Waals surface area contributed by atoms with Crippen molar-refractivity contribution in [3.63, 3.8) is 0 Å². The molecule has 0 saturated carbocycles. The Morgan fingerprint density at radius 3 is 2.24 bits per heavy atom. The van der Waals surface area contributed by atoms with Crippen molar-refractivity contribution in [2.24, 2.45) is 0 Å². The van der Waals surface area contributed by atoms with Crippen molar-refractivity contribution >= 4 is 27.1 Å². The van der Waals surface area contributed by atoms with Crippen LogP contribution in [0.4, 0.5) is 15.8 Å². The van der Waals surface area contributed by atoms with E-state index in [1.807, 2.05) is 0 Å². The number of nitro benzene ring substituents is 1. The van der Waals surface area contributed by atoms with E-state index in [0.717, 1.165) is 0 Å². The van der Waals surface area contributed by atoms with Gasteiger partial charge in [-0.05, 0) is 49.5 Å².